The van der Waals surface area contributed by atoms with Gasteiger partial charge in [0.25, 0.3) is 0 Å². The molecule has 5 nitrogen and oxygen atoms in total. The lowest BCUT2D eigenvalue weighted by Gasteiger charge is -2.52. The van der Waals surface area contributed by atoms with E-state index >= 15 is 0 Å². The molecule has 4 rings (SSSR count). The van der Waals surface area contributed by atoms with Crippen LogP contribution in [0.4, 0.5) is 0 Å². The van der Waals surface area contributed by atoms with E-state index in [0.717, 1.165) is 0 Å². The fraction of sp³-hybridized carbons (Fsp3) is 0.737. The van der Waals surface area contributed by atoms with Crippen molar-refractivity contribution in [3.05, 3.63) is 12.2 Å². The predicted octanol–water partition coefficient (Wildman–Crippen LogP) is 1.39. The number of ether oxygens (including phenoxy) is 1. The summed E-state index contributed by atoms with van der Waals surface area (Å²) in [6.45, 7) is 3.72. The summed E-state index contributed by atoms with van der Waals surface area (Å²) in [5, 5.41) is 10.2. The first-order valence-electron chi connectivity index (χ1n) is 8.88. The van der Waals surface area contributed by atoms with E-state index in [9.17, 15) is 19.5 Å². The molecule has 1 N–H and O–H groups in total. The van der Waals surface area contributed by atoms with Crippen LogP contribution in [-0.2, 0) is 19.1 Å². The lowest BCUT2D eigenvalue weighted by atomic mass is 9.47. The molecule has 0 aromatic carbocycles. The third kappa shape index (κ3) is 1.62. The van der Waals surface area contributed by atoms with Crippen LogP contribution >= 0.6 is 0 Å². The Kier molecular flexibility index (Phi) is 3.34. The Hall–Kier alpha value is -1.49. The quantitative estimate of drug-likeness (QED) is 0.446. The number of carbonyl (C=O) groups excluding carboxylic acids is 3. The highest BCUT2D eigenvalue weighted by molar-refractivity contribution is 6.14. The number of ketones is 2. The van der Waals surface area contributed by atoms with Gasteiger partial charge in [-0.05, 0) is 36.5 Å². The van der Waals surface area contributed by atoms with Gasteiger partial charge in [-0.1, -0.05) is 26.0 Å². The number of hydrogen-bond donors (Lipinski definition) is 1. The number of rotatable bonds is 1. The largest absolute Gasteiger partial charge is 0.468 e. The maximum atomic E-state index is 13.6. The van der Waals surface area contributed by atoms with Crippen molar-refractivity contribution >= 4 is 17.5 Å². The summed E-state index contributed by atoms with van der Waals surface area (Å²) >= 11 is 0. The van der Waals surface area contributed by atoms with Crippen molar-refractivity contribution in [2.75, 3.05) is 7.11 Å². The van der Waals surface area contributed by atoms with E-state index in [1.807, 2.05) is 26.0 Å². The van der Waals surface area contributed by atoms with E-state index in [4.69, 9.17) is 4.74 Å². The van der Waals surface area contributed by atoms with Crippen molar-refractivity contribution < 1.29 is 24.2 Å². The van der Waals surface area contributed by atoms with E-state index in [2.05, 4.69) is 0 Å². The number of carbonyl (C=O) groups is 3. The van der Waals surface area contributed by atoms with Crippen molar-refractivity contribution in [2.45, 2.75) is 32.8 Å². The summed E-state index contributed by atoms with van der Waals surface area (Å²) in [4.78, 5) is 39.8. The van der Waals surface area contributed by atoms with Crippen molar-refractivity contribution in [2.24, 2.45) is 46.8 Å². The Bertz CT molecular complexity index is 652. The molecule has 5 heteroatoms. The zero-order valence-electron chi connectivity index (χ0n) is 14.3. The van der Waals surface area contributed by atoms with E-state index in [0.29, 0.717) is 12.8 Å². The maximum absolute atomic E-state index is 13.6. The Morgan fingerprint density at radius 3 is 2.58 bits per heavy atom. The van der Waals surface area contributed by atoms with Crippen LogP contribution in [0.3, 0.4) is 0 Å². The second kappa shape index (κ2) is 5.01. The summed E-state index contributed by atoms with van der Waals surface area (Å²) in [7, 11) is 1.29. The molecule has 0 aromatic heterocycles. The molecule has 0 heterocycles. The van der Waals surface area contributed by atoms with Gasteiger partial charge in [-0.15, -0.1) is 0 Å². The third-order valence-electron chi connectivity index (χ3n) is 7.28. The number of aliphatic hydroxyl groups is 1. The van der Waals surface area contributed by atoms with Crippen LogP contribution in [-0.4, -0.2) is 35.9 Å². The minimum atomic E-state index is -1.39. The molecular weight excluding hydrogens is 308 g/mol. The van der Waals surface area contributed by atoms with Crippen LogP contribution in [0.2, 0.25) is 0 Å². The predicted molar refractivity (Wildman–Crippen MR) is 84.6 cm³/mol. The van der Waals surface area contributed by atoms with Crippen molar-refractivity contribution in [3.8, 4) is 0 Å². The van der Waals surface area contributed by atoms with Crippen LogP contribution in [0.5, 0.6) is 0 Å². The van der Waals surface area contributed by atoms with Crippen LogP contribution in [0, 0.1) is 46.8 Å². The van der Waals surface area contributed by atoms with E-state index in [-0.39, 0.29) is 35.2 Å². The fourth-order valence-electron chi connectivity index (χ4n) is 6.32. The molecule has 0 amide bonds. The smallest absolute Gasteiger partial charge is 0.320 e. The lowest BCUT2D eigenvalue weighted by Crippen LogP contribution is -2.65. The number of fused-ring (bicyclic) bond motifs is 6. The molecule has 0 saturated heterocycles. The number of aliphatic hydroxyl groups excluding tert-OH is 1. The second-order valence-corrected chi connectivity index (χ2v) is 8.15. The van der Waals surface area contributed by atoms with Gasteiger partial charge in [-0.25, -0.2) is 0 Å². The first-order chi connectivity index (χ1) is 11.4. The second-order valence-electron chi connectivity index (χ2n) is 8.15. The average molecular weight is 332 g/mol. The molecule has 9 atom stereocenters. The topological polar surface area (TPSA) is 80.7 Å². The van der Waals surface area contributed by atoms with Gasteiger partial charge in [0.05, 0.1) is 13.2 Å². The highest BCUT2D eigenvalue weighted by Gasteiger charge is 2.72. The van der Waals surface area contributed by atoms with Gasteiger partial charge in [0.1, 0.15) is 11.2 Å². The van der Waals surface area contributed by atoms with E-state index in [1.165, 1.54) is 7.11 Å². The van der Waals surface area contributed by atoms with E-state index in [1.54, 1.807) is 0 Å². The molecule has 4 aliphatic rings. The highest BCUT2D eigenvalue weighted by Crippen LogP contribution is 2.63. The first kappa shape index (κ1) is 16.0. The van der Waals surface area contributed by atoms with Crippen molar-refractivity contribution in [1.82, 2.24) is 0 Å². The van der Waals surface area contributed by atoms with Gasteiger partial charge < -0.3 is 9.84 Å². The summed E-state index contributed by atoms with van der Waals surface area (Å²) in [5.41, 5.74) is -1.39. The minimum Gasteiger partial charge on any atom is -0.468 e. The summed E-state index contributed by atoms with van der Waals surface area (Å²) < 4.78 is 5.04. The van der Waals surface area contributed by atoms with Gasteiger partial charge in [-0.3, -0.25) is 14.4 Å². The molecule has 2 bridgehead atoms. The van der Waals surface area contributed by atoms with Gasteiger partial charge in [0.2, 0.25) is 0 Å². The van der Waals surface area contributed by atoms with Crippen LogP contribution in [0.1, 0.15) is 26.7 Å². The standard InChI is InChI=1S/C19H24O5/c1-8-4-5-9(2)19(18(23)24-3)15(8)16(21)14-11-6-10(7-12(11)20)13(14)17(19)22/h4-5,8-15,20H,6-7H2,1-3H3/t8?,9?,10-,11+,12+,13?,14?,15+,19+/m1/s1. The maximum Gasteiger partial charge on any atom is 0.320 e. The van der Waals surface area contributed by atoms with Gasteiger partial charge in [-0.2, -0.15) is 0 Å². The summed E-state index contributed by atoms with van der Waals surface area (Å²) in [6.07, 6.45) is 4.60. The molecule has 24 heavy (non-hydrogen) atoms. The molecule has 130 valence electrons. The Balaban J connectivity index is 1.90. The molecule has 4 unspecified atom stereocenters. The molecule has 3 saturated carbocycles. The molecular formula is C19H24O5. The number of esters is 1. The monoisotopic (exact) mass is 332 g/mol. The van der Waals surface area contributed by atoms with E-state index < -0.39 is 35.2 Å². The van der Waals surface area contributed by atoms with Gasteiger partial charge >= 0.3 is 5.97 Å². The van der Waals surface area contributed by atoms with Crippen LogP contribution in [0.15, 0.2) is 12.2 Å². The lowest BCUT2D eigenvalue weighted by molar-refractivity contribution is -0.182. The Morgan fingerprint density at radius 2 is 1.92 bits per heavy atom. The zero-order valence-corrected chi connectivity index (χ0v) is 14.3. The SMILES string of the molecule is COC(=O)[C@]12C(=O)C3C(C(=O)[C@@H]1C(C)C=CC2C)[C@H]1C[C@@H]3C[C@@H]1O. The van der Waals surface area contributed by atoms with Gasteiger partial charge in [0.15, 0.2) is 5.78 Å². The Labute approximate surface area is 141 Å². The number of allylic oxidation sites excluding steroid dienone is 2. The average Bonchev–Trinajstić information content (AvgIpc) is 3.11. The normalized spacial score (nSPS) is 52.2. The first-order valence-corrected chi connectivity index (χ1v) is 8.88. The molecule has 4 aliphatic carbocycles. The number of methoxy groups -OCH3 is 1. The Morgan fingerprint density at radius 1 is 1.21 bits per heavy atom. The van der Waals surface area contributed by atoms with Crippen molar-refractivity contribution in [3.63, 3.8) is 0 Å². The van der Waals surface area contributed by atoms with Crippen LogP contribution in [0.25, 0.3) is 0 Å². The summed E-state index contributed by atoms with van der Waals surface area (Å²) in [5.74, 6) is -2.88. The summed E-state index contributed by atoms with van der Waals surface area (Å²) in [6, 6.07) is 0. The minimum absolute atomic E-state index is 0.0139. The molecule has 0 aliphatic heterocycles. The molecule has 0 spiro atoms. The third-order valence-corrected chi connectivity index (χ3v) is 7.28. The molecule has 3 fully saturated rings. The molecule has 0 aromatic rings. The highest BCUT2D eigenvalue weighted by atomic mass is 16.5. The van der Waals surface area contributed by atoms with Gasteiger partial charge in [0, 0.05) is 17.8 Å². The van der Waals surface area contributed by atoms with Crippen molar-refractivity contribution in [1.29, 1.82) is 0 Å². The molecule has 0 radical (unpaired) electrons. The fourth-order valence-corrected chi connectivity index (χ4v) is 6.32. The van der Waals surface area contributed by atoms with Crippen LogP contribution < -0.4 is 0 Å². The zero-order chi connectivity index (χ0) is 17.4. The number of hydrogen-bond acceptors (Lipinski definition) is 5. The number of Topliss-reactive ketones (excluding diaryl/α,β-unsaturated/α-hetero) is 2.